The molecule has 2 aromatic heterocycles. The quantitative estimate of drug-likeness (QED) is 0.406. The second-order valence-electron chi connectivity index (χ2n) is 6.35. The molecule has 0 saturated heterocycles. The molecule has 0 unspecified atom stereocenters. The van der Waals surface area contributed by atoms with Crippen LogP contribution in [0.5, 0.6) is 11.5 Å². The van der Waals surface area contributed by atoms with Crippen LogP contribution in [-0.4, -0.2) is 30.2 Å². The summed E-state index contributed by atoms with van der Waals surface area (Å²) in [6, 6.07) is 15.3. The fourth-order valence-corrected chi connectivity index (χ4v) is 3.76. The topological polar surface area (TPSA) is 73.8 Å². The normalized spacial score (nSPS) is 10.6. The number of thiazole rings is 1. The van der Waals surface area contributed by atoms with E-state index in [1.807, 2.05) is 53.9 Å². The lowest BCUT2D eigenvalue weighted by Crippen LogP contribution is -2.21. The SMILES string of the molecule is COc1ccc(-c2csc(N(OC(C)=O)c3cc4ccccc4cn3)n2)cc1OC. The molecule has 0 aliphatic heterocycles. The molecular weight excluding hydrogens is 402 g/mol. The van der Waals surface area contributed by atoms with E-state index in [-0.39, 0.29) is 0 Å². The second-order valence-corrected chi connectivity index (χ2v) is 7.19. The number of carbonyl (C=O) groups excluding carboxylic acids is 1. The maximum atomic E-state index is 11.7. The number of pyridine rings is 1. The minimum Gasteiger partial charge on any atom is -0.493 e. The molecule has 30 heavy (non-hydrogen) atoms. The Morgan fingerprint density at radius 2 is 1.77 bits per heavy atom. The fourth-order valence-electron chi connectivity index (χ4n) is 2.98. The third-order valence-electron chi connectivity index (χ3n) is 4.39. The van der Waals surface area contributed by atoms with Gasteiger partial charge in [-0.1, -0.05) is 24.3 Å². The number of benzene rings is 2. The number of fused-ring (bicyclic) bond motifs is 1. The van der Waals surface area contributed by atoms with Crippen molar-refractivity contribution in [1.29, 1.82) is 0 Å². The molecule has 0 aliphatic rings. The zero-order chi connectivity index (χ0) is 21.1. The van der Waals surface area contributed by atoms with E-state index in [4.69, 9.17) is 14.3 Å². The Kier molecular flexibility index (Phi) is 5.49. The number of anilines is 2. The van der Waals surface area contributed by atoms with Crippen LogP contribution in [0.2, 0.25) is 0 Å². The van der Waals surface area contributed by atoms with Crippen LogP contribution in [0.3, 0.4) is 0 Å². The van der Waals surface area contributed by atoms with Gasteiger partial charge in [0.1, 0.15) is 0 Å². The third-order valence-corrected chi connectivity index (χ3v) is 5.20. The Morgan fingerprint density at radius 3 is 2.50 bits per heavy atom. The second kappa shape index (κ2) is 8.38. The number of ether oxygens (including phenoxy) is 2. The van der Waals surface area contributed by atoms with Crippen molar-refractivity contribution in [3.8, 4) is 22.8 Å². The molecule has 0 amide bonds. The molecule has 8 heteroatoms. The van der Waals surface area contributed by atoms with E-state index in [1.165, 1.54) is 23.3 Å². The molecular formula is C22H19N3O4S. The number of rotatable bonds is 6. The highest BCUT2D eigenvalue weighted by Gasteiger charge is 2.20. The van der Waals surface area contributed by atoms with Gasteiger partial charge in [0, 0.05) is 29.5 Å². The predicted octanol–water partition coefficient (Wildman–Crippen LogP) is 4.99. The van der Waals surface area contributed by atoms with Gasteiger partial charge in [-0.3, -0.25) is 0 Å². The molecule has 0 N–H and O–H groups in total. The Balaban J connectivity index is 1.72. The first-order valence-electron chi connectivity index (χ1n) is 9.10. The molecule has 2 heterocycles. The van der Waals surface area contributed by atoms with Gasteiger partial charge in [-0.05, 0) is 29.7 Å². The van der Waals surface area contributed by atoms with Gasteiger partial charge >= 0.3 is 5.97 Å². The van der Waals surface area contributed by atoms with Crippen LogP contribution in [0, 0.1) is 0 Å². The largest absolute Gasteiger partial charge is 0.493 e. The Labute approximate surface area is 177 Å². The van der Waals surface area contributed by atoms with Crippen molar-refractivity contribution in [2.24, 2.45) is 0 Å². The number of methoxy groups -OCH3 is 2. The minimum absolute atomic E-state index is 0.465. The van der Waals surface area contributed by atoms with Crippen LogP contribution in [0.25, 0.3) is 22.0 Å². The number of nitrogens with zero attached hydrogens (tertiary/aromatic N) is 3. The number of aromatic nitrogens is 2. The highest BCUT2D eigenvalue weighted by molar-refractivity contribution is 7.14. The first kappa shape index (κ1) is 19.7. The molecule has 4 aromatic rings. The Morgan fingerprint density at radius 1 is 1.00 bits per heavy atom. The molecule has 0 bridgehead atoms. The van der Waals surface area contributed by atoms with Crippen LogP contribution in [0.1, 0.15) is 6.92 Å². The van der Waals surface area contributed by atoms with Gasteiger partial charge in [-0.25, -0.2) is 14.8 Å². The van der Waals surface area contributed by atoms with E-state index < -0.39 is 5.97 Å². The summed E-state index contributed by atoms with van der Waals surface area (Å²) in [5.41, 5.74) is 1.57. The van der Waals surface area contributed by atoms with E-state index in [1.54, 1.807) is 20.4 Å². The van der Waals surface area contributed by atoms with E-state index in [2.05, 4.69) is 9.97 Å². The van der Waals surface area contributed by atoms with Gasteiger partial charge in [0.2, 0.25) is 5.13 Å². The van der Waals surface area contributed by atoms with Crippen molar-refractivity contribution >= 4 is 39.0 Å². The maximum absolute atomic E-state index is 11.7. The van der Waals surface area contributed by atoms with Crippen molar-refractivity contribution < 1.29 is 19.1 Å². The molecule has 0 radical (unpaired) electrons. The molecule has 0 fully saturated rings. The average molecular weight is 421 g/mol. The summed E-state index contributed by atoms with van der Waals surface area (Å²) in [6.07, 6.45) is 1.74. The first-order valence-corrected chi connectivity index (χ1v) is 9.98. The van der Waals surface area contributed by atoms with Gasteiger partial charge in [0.25, 0.3) is 0 Å². The van der Waals surface area contributed by atoms with Crippen LogP contribution < -0.4 is 14.5 Å². The lowest BCUT2D eigenvalue weighted by atomic mass is 10.1. The standard InChI is InChI=1S/C22H19N3O4S/c1-14(26)29-25(21-11-15-6-4-5-7-17(15)12-23-21)22-24-18(13-30-22)16-8-9-19(27-2)20(10-16)28-3/h4-13H,1-3H3. The van der Waals surface area contributed by atoms with E-state index in [0.717, 1.165) is 16.3 Å². The lowest BCUT2D eigenvalue weighted by molar-refractivity contribution is -0.141. The lowest BCUT2D eigenvalue weighted by Gasteiger charge is -2.18. The summed E-state index contributed by atoms with van der Waals surface area (Å²) >= 11 is 1.34. The third kappa shape index (κ3) is 3.90. The number of carbonyl (C=O) groups is 1. The minimum atomic E-state index is -0.465. The zero-order valence-corrected chi connectivity index (χ0v) is 17.5. The van der Waals surface area contributed by atoms with Crippen molar-refractivity contribution in [2.45, 2.75) is 6.92 Å². The summed E-state index contributed by atoms with van der Waals surface area (Å²) in [4.78, 5) is 26.3. The van der Waals surface area contributed by atoms with Crippen molar-refractivity contribution in [2.75, 3.05) is 19.3 Å². The summed E-state index contributed by atoms with van der Waals surface area (Å²) in [7, 11) is 3.17. The summed E-state index contributed by atoms with van der Waals surface area (Å²) in [5.74, 6) is 1.25. The smallest absolute Gasteiger partial charge is 0.330 e. The van der Waals surface area contributed by atoms with Gasteiger partial charge in [0.05, 0.1) is 19.9 Å². The zero-order valence-electron chi connectivity index (χ0n) is 16.7. The highest BCUT2D eigenvalue weighted by atomic mass is 32.1. The summed E-state index contributed by atoms with van der Waals surface area (Å²) in [6.45, 7) is 1.34. The fraction of sp³-hybridized carbons (Fsp3) is 0.136. The van der Waals surface area contributed by atoms with E-state index in [9.17, 15) is 4.79 Å². The van der Waals surface area contributed by atoms with Crippen molar-refractivity contribution in [3.63, 3.8) is 0 Å². The molecule has 152 valence electrons. The molecule has 2 aromatic carbocycles. The van der Waals surface area contributed by atoms with Crippen LogP contribution in [0.15, 0.2) is 60.1 Å². The van der Waals surface area contributed by atoms with Crippen molar-refractivity contribution in [1.82, 2.24) is 9.97 Å². The molecule has 0 spiro atoms. The van der Waals surface area contributed by atoms with Crippen molar-refractivity contribution in [3.05, 3.63) is 60.1 Å². The molecule has 0 aliphatic carbocycles. The van der Waals surface area contributed by atoms with E-state index >= 15 is 0 Å². The Hall–Kier alpha value is -3.65. The molecule has 0 atom stereocenters. The molecule has 0 saturated carbocycles. The average Bonchev–Trinajstić information content (AvgIpc) is 3.26. The van der Waals surface area contributed by atoms with Crippen LogP contribution in [0.4, 0.5) is 10.9 Å². The molecule has 4 rings (SSSR count). The van der Waals surface area contributed by atoms with Crippen LogP contribution >= 0.6 is 11.3 Å². The Bertz CT molecular complexity index is 1210. The predicted molar refractivity (Wildman–Crippen MR) is 116 cm³/mol. The summed E-state index contributed by atoms with van der Waals surface area (Å²) < 4.78 is 10.7. The van der Waals surface area contributed by atoms with Gasteiger partial charge in [0.15, 0.2) is 17.3 Å². The monoisotopic (exact) mass is 421 g/mol. The van der Waals surface area contributed by atoms with Gasteiger partial charge < -0.3 is 14.3 Å². The number of hydrogen-bond donors (Lipinski definition) is 0. The maximum Gasteiger partial charge on any atom is 0.330 e. The van der Waals surface area contributed by atoms with E-state index in [0.29, 0.717) is 28.1 Å². The first-order chi connectivity index (χ1) is 14.6. The number of hydrogen-bond acceptors (Lipinski definition) is 8. The highest BCUT2D eigenvalue weighted by Crippen LogP contribution is 2.36. The summed E-state index contributed by atoms with van der Waals surface area (Å²) in [5, 5.41) is 5.70. The van der Waals surface area contributed by atoms with Gasteiger partial charge in [-0.15, -0.1) is 16.4 Å². The van der Waals surface area contributed by atoms with Gasteiger partial charge in [-0.2, -0.15) is 0 Å². The molecule has 7 nitrogen and oxygen atoms in total. The van der Waals surface area contributed by atoms with Crippen LogP contribution in [-0.2, 0) is 9.63 Å².